The minimum atomic E-state index is -0.607. The molecule has 1 fully saturated rings. The summed E-state index contributed by atoms with van der Waals surface area (Å²) in [5, 5.41) is 1.67. The van der Waals surface area contributed by atoms with Crippen LogP contribution in [0.3, 0.4) is 0 Å². The van der Waals surface area contributed by atoms with E-state index in [9.17, 15) is 0 Å². The SMILES string of the molecule is Cc1ccccc1[SiH]1CCCO[SiH2]1. The van der Waals surface area contributed by atoms with E-state index in [0.29, 0.717) is 0 Å². The molecule has 1 atom stereocenters. The Morgan fingerprint density at radius 1 is 1.38 bits per heavy atom. The van der Waals surface area contributed by atoms with Gasteiger partial charge in [-0.25, -0.2) is 0 Å². The number of hydrogen-bond donors (Lipinski definition) is 0. The summed E-state index contributed by atoms with van der Waals surface area (Å²) in [7, 11) is -0.765. The first-order chi connectivity index (χ1) is 6.38. The Morgan fingerprint density at radius 2 is 2.23 bits per heavy atom. The molecule has 70 valence electrons. The third-order valence-electron chi connectivity index (χ3n) is 2.79. The van der Waals surface area contributed by atoms with Crippen molar-refractivity contribution in [2.24, 2.45) is 0 Å². The Labute approximate surface area is 83.5 Å². The van der Waals surface area contributed by atoms with Crippen molar-refractivity contribution in [1.29, 1.82) is 0 Å². The number of hydrogen-bond acceptors (Lipinski definition) is 1. The van der Waals surface area contributed by atoms with Gasteiger partial charge in [0, 0.05) is 6.61 Å². The van der Waals surface area contributed by atoms with Crippen LogP contribution in [0.2, 0.25) is 6.04 Å². The molecule has 1 aliphatic rings. The summed E-state index contributed by atoms with van der Waals surface area (Å²) in [6.07, 6.45) is 1.30. The van der Waals surface area contributed by atoms with Gasteiger partial charge in [-0.1, -0.05) is 41.1 Å². The molecule has 1 saturated heterocycles. The molecule has 1 heterocycles. The molecule has 0 spiro atoms. The highest BCUT2D eigenvalue weighted by Crippen LogP contribution is 2.07. The largest absolute Gasteiger partial charge is 0.427 e. The zero-order valence-electron chi connectivity index (χ0n) is 8.12. The molecule has 2 rings (SSSR count). The highest BCUT2D eigenvalue weighted by atomic mass is 29.2. The van der Waals surface area contributed by atoms with Gasteiger partial charge in [-0.05, 0) is 13.3 Å². The quantitative estimate of drug-likeness (QED) is 0.608. The lowest BCUT2D eigenvalue weighted by Crippen LogP contribution is -2.42. The van der Waals surface area contributed by atoms with E-state index in [-0.39, 0.29) is 9.28 Å². The molecule has 0 saturated carbocycles. The highest BCUT2D eigenvalue weighted by molar-refractivity contribution is 7.17. The maximum absolute atomic E-state index is 5.69. The predicted octanol–water partition coefficient (Wildman–Crippen LogP) is 0.430. The lowest BCUT2D eigenvalue weighted by atomic mass is 10.2. The van der Waals surface area contributed by atoms with Crippen molar-refractivity contribution in [3.63, 3.8) is 0 Å². The normalized spacial score (nSPS) is 24.8. The second-order valence-corrected chi connectivity index (χ2v) is 11.1. The average molecular weight is 208 g/mol. The summed E-state index contributed by atoms with van der Waals surface area (Å²) in [4.78, 5) is 0. The molecule has 1 aliphatic heterocycles. The van der Waals surface area contributed by atoms with Crippen molar-refractivity contribution in [2.75, 3.05) is 6.61 Å². The van der Waals surface area contributed by atoms with Gasteiger partial charge >= 0.3 is 0 Å². The van der Waals surface area contributed by atoms with Crippen molar-refractivity contribution < 1.29 is 4.43 Å². The molecule has 3 heteroatoms. The zero-order valence-corrected chi connectivity index (χ0v) is 10.7. The molecule has 1 aromatic rings. The van der Waals surface area contributed by atoms with Gasteiger partial charge in [0.1, 0.15) is 0 Å². The van der Waals surface area contributed by atoms with E-state index in [0.717, 1.165) is 6.61 Å². The Hall–Kier alpha value is -0.386. The Morgan fingerprint density at radius 3 is 2.92 bits per heavy atom. The number of benzene rings is 1. The first-order valence-electron chi connectivity index (χ1n) is 5.01. The standard InChI is InChI=1S/C10H16OSi2/c1-9-5-2-3-6-10(9)13-8-4-7-11-12-13/h2-3,5-6,13H,4,7-8,12H2,1H3. The molecule has 0 amide bonds. The molecular weight excluding hydrogens is 192 g/mol. The van der Waals surface area contributed by atoms with Crippen LogP contribution in [-0.4, -0.2) is 24.2 Å². The van der Waals surface area contributed by atoms with Gasteiger partial charge in [0.25, 0.3) is 0 Å². The lowest BCUT2D eigenvalue weighted by molar-refractivity contribution is 0.336. The van der Waals surface area contributed by atoms with Crippen LogP contribution in [0.1, 0.15) is 12.0 Å². The summed E-state index contributed by atoms with van der Waals surface area (Å²) in [5.74, 6) is 0. The Balaban J connectivity index is 2.18. The predicted molar refractivity (Wildman–Crippen MR) is 61.9 cm³/mol. The summed E-state index contributed by atoms with van der Waals surface area (Å²) in [6.45, 7) is 3.28. The summed E-state index contributed by atoms with van der Waals surface area (Å²) >= 11 is 0. The zero-order chi connectivity index (χ0) is 9.10. The van der Waals surface area contributed by atoms with E-state index in [1.54, 1.807) is 5.19 Å². The minimum Gasteiger partial charge on any atom is -0.427 e. The van der Waals surface area contributed by atoms with Crippen molar-refractivity contribution >= 4 is 22.8 Å². The van der Waals surface area contributed by atoms with E-state index in [2.05, 4.69) is 31.2 Å². The Bertz CT molecular complexity index is 282. The van der Waals surface area contributed by atoms with Gasteiger partial charge in [0.05, 0.1) is 8.31 Å². The van der Waals surface area contributed by atoms with Crippen molar-refractivity contribution in [3.05, 3.63) is 29.8 Å². The second-order valence-electron chi connectivity index (χ2n) is 3.77. The third kappa shape index (κ3) is 2.10. The van der Waals surface area contributed by atoms with Crippen LogP contribution in [0.5, 0.6) is 0 Å². The average Bonchev–Trinajstić information content (AvgIpc) is 2.20. The third-order valence-corrected chi connectivity index (χ3v) is 10.8. The topological polar surface area (TPSA) is 9.23 Å². The molecule has 1 aromatic carbocycles. The van der Waals surface area contributed by atoms with E-state index < -0.39 is 8.31 Å². The van der Waals surface area contributed by atoms with Gasteiger partial charge < -0.3 is 4.43 Å². The molecule has 0 radical (unpaired) electrons. The van der Waals surface area contributed by atoms with Gasteiger partial charge in [0.2, 0.25) is 0 Å². The molecular formula is C10H16OSi2. The first-order valence-corrected chi connectivity index (χ1v) is 10.2. The summed E-state index contributed by atoms with van der Waals surface area (Å²) < 4.78 is 5.69. The van der Waals surface area contributed by atoms with Gasteiger partial charge in [0.15, 0.2) is 9.28 Å². The molecule has 1 unspecified atom stereocenters. The van der Waals surface area contributed by atoms with Crippen LogP contribution >= 0.6 is 0 Å². The lowest BCUT2D eigenvalue weighted by Gasteiger charge is -2.21. The second kappa shape index (κ2) is 4.22. The van der Waals surface area contributed by atoms with E-state index in [1.165, 1.54) is 18.0 Å². The maximum atomic E-state index is 5.69. The fraction of sp³-hybridized carbons (Fsp3) is 0.400. The number of aryl methyl sites for hydroxylation is 1. The highest BCUT2D eigenvalue weighted by Gasteiger charge is 2.19. The van der Waals surface area contributed by atoms with Crippen LogP contribution in [0.25, 0.3) is 0 Å². The van der Waals surface area contributed by atoms with Crippen LogP contribution in [0, 0.1) is 6.92 Å². The number of rotatable bonds is 1. The molecule has 0 aromatic heterocycles. The fourth-order valence-electron chi connectivity index (χ4n) is 2.03. The molecule has 0 bridgehead atoms. The van der Waals surface area contributed by atoms with Crippen molar-refractivity contribution in [3.8, 4) is 0 Å². The van der Waals surface area contributed by atoms with Crippen LogP contribution in [0.4, 0.5) is 0 Å². The molecule has 0 N–H and O–H groups in total. The summed E-state index contributed by atoms with van der Waals surface area (Å²) in [5.41, 5.74) is 1.50. The monoisotopic (exact) mass is 208 g/mol. The minimum absolute atomic E-state index is 0.158. The van der Waals surface area contributed by atoms with Crippen LogP contribution < -0.4 is 5.19 Å². The molecule has 1 nitrogen and oxygen atoms in total. The van der Waals surface area contributed by atoms with E-state index in [1.807, 2.05) is 0 Å². The van der Waals surface area contributed by atoms with Crippen LogP contribution in [0.15, 0.2) is 24.3 Å². The first kappa shape index (κ1) is 9.18. The van der Waals surface area contributed by atoms with Gasteiger partial charge in [-0.15, -0.1) is 0 Å². The van der Waals surface area contributed by atoms with Gasteiger partial charge in [-0.3, -0.25) is 0 Å². The summed E-state index contributed by atoms with van der Waals surface area (Å²) in [6, 6.07) is 10.4. The Kier molecular flexibility index (Phi) is 2.98. The van der Waals surface area contributed by atoms with Gasteiger partial charge in [-0.2, -0.15) is 0 Å². The van der Waals surface area contributed by atoms with Crippen LogP contribution in [-0.2, 0) is 4.43 Å². The maximum Gasteiger partial charge on any atom is 0.152 e. The smallest absolute Gasteiger partial charge is 0.152 e. The van der Waals surface area contributed by atoms with E-state index >= 15 is 0 Å². The van der Waals surface area contributed by atoms with E-state index in [4.69, 9.17) is 4.43 Å². The molecule has 13 heavy (non-hydrogen) atoms. The van der Waals surface area contributed by atoms with Crippen molar-refractivity contribution in [2.45, 2.75) is 19.4 Å². The van der Waals surface area contributed by atoms with Crippen molar-refractivity contribution in [1.82, 2.24) is 0 Å². The fourth-order valence-corrected chi connectivity index (χ4v) is 9.76. The molecule has 0 aliphatic carbocycles.